The van der Waals surface area contributed by atoms with E-state index in [0.29, 0.717) is 26.1 Å². The Balaban J connectivity index is 1.54. The van der Waals surface area contributed by atoms with Crippen molar-refractivity contribution in [3.63, 3.8) is 0 Å². The summed E-state index contributed by atoms with van der Waals surface area (Å²) < 4.78 is 50.2. The molecule has 4 rings (SSSR count). The first kappa shape index (κ1) is 26.8. The fourth-order valence-electron chi connectivity index (χ4n) is 4.11. The first-order chi connectivity index (χ1) is 17.8. The summed E-state index contributed by atoms with van der Waals surface area (Å²) >= 11 is 3.39. The number of benzene rings is 3. The van der Waals surface area contributed by atoms with Crippen LogP contribution < -0.4 is 4.74 Å². The molecule has 0 spiro atoms. The Labute approximate surface area is 221 Å². The molecule has 1 unspecified atom stereocenters. The number of hydrogen-bond donors (Lipinski definition) is 1. The van der Waals surface area contributed by atoms with E-state index in [2.05, 4.69) is 26.0 Å². The van der Waals surface area contributed by atoms with Gasteiger partial charge >= 0.3 is 0 Å². The van der Waals surface area contributed by atoms with Gasteiger partial charge in [-0.2, -0.15) is 5.10 Å². The van der Waals surface area contributed by atoms with Gasteiger partial charge in [0.1, 0.15) is 41.5 Å². The highest BCUT2D eigenvalue weighted by Crippen LogP contribution is 2.29. The highest BCUT2D eigenvalue weighted by Gasteiger charge is 2.35. The maximum Gasteiger partial charge on any atom is 0.137 e. The van der Waals surface area contributed by atoms with Gasteiger partial charge in [-0.3, -0.25) is 4.90 Å². The average Bonchev–Trinajstić information content (AvgIpc) is 3.36. The summed E-state index contributed by atoms with van der Waals surface area (Å²) in [5, 5.41) is 15.8. The summed E-state index contributed by atoms with van der Waals surface area (Å²) in [7, 11) is 0. The molecular weight excluding hydrogens is 549 g/mol. The van der Waals surface area contributed by atoms with Crippen LogP contribution in [0.5, 0.6) is 5.75 Å². The molecule has 0 radical (unpaired) electrons. The van der Waals surface area contributed by atoms with Gasteiger partial charge in [-0.1, -0.05) is 34.1 Å². The molecular formula is C27H26BrF3N4O2. The summed E-state index contributed by atoms with van der Waals surface area (Å²) in [6.07, 6.45) is 3.34. The molecule has 1 heterocycles. The third-order valence-corrected chi connectivity index (χ3v) is 6.36. The van der Waals surface area contributed by atoms with Crippen LogP contribution in [0.15, 0.2) is 83.9 Å². The molecule has 0 aliphatic carbocycles. The number of halogens is 4. The molecule has 0 aliphatic heterocycles. The Bertz CT molecular complexity index is 1270. The minimum Gasteiger partial charge on any atom is -0.494 e. The molecule has 1 N–H and O–H groups in total. The Morgan fingerprint density at radius 2 is 1.70 bits per heavy atom. The zero-order valence-electron chi connectivity index (χ0n) is 19.9. The Morgan fingerprint density at radius 1 is 0.973 bits per heavy atom. The van der Waals surface area contributed by atoms with Crippen molar-refractivity contribution < 1.29 is 23.0 Å². The lowest BCUT2D eigenvalue weighted by atomic mass is 9.92. The van der Waals surface area contributed by atoms with E-state index in [1.54, 1.807) is 12.1 Å². The molecule has 0 aliphatic rings. The van der Waals surface area contributed by atoms with Crippen LogP contribution in [-0.4, -0.2) is 44.5 Å². The molecule has 194 valence electrons. The Kier molecular flexibility index (Phi) is 8.96. The van der Waals surface area contributed by atoms with E-state index in [1.165, 1.54) is 35.5 Å². The van der Waals surface area contributed by atoms with Crippen molar-refractivity contribution in [3.05, 3.63) is 112 Å². The smallest absolute Gasteiger partial charge is 0.137 e. The molecule has 6 nitrogen and oxygen atoms in total. The van der Waals surface area contributed by atoms with Crippen molar-refractivity contribution in [1.82, 2.24) is 19.7 Å². The van der Waals surface area contributed by atoms with Crippen LogP contribution in [0.4, 0.5) is 13.2 Å². The normalized spacial score (nSPS) is 13.0. The van der Waals surface area contributed by atoms with Crippen LogP contribution in [0.25, 0.3) is 0 Å². The number of rotatable bonds is 12. The fraction of sp³-hybridized carbons (Fsp3) is 0.259. The van der Waals surface area contributed by atoms with E-state index >= 15 is 0 Å². The van der Waals surface area contributed by atoms with Gasteiger partial charge in [0.2, 0.25) is 0 Å². The first-order valence-corrected chi connectivity index (χ1v) is 12.5. The van der Waals surface area contributed by atoms with Crippen molar-refractivity contribution in [2.45, 2.75) is 25.1 Å². The van der Waals surface area contributed by atoms with E-state index in [-0.39, 0.29) is 24.5 Å². The second-order valence-electron chi connectivity index (χ2n) is 8.74. The Morgan fingerprint density at radius 3 is 2.38 bits per heavy atom. The lowest BCUT2D eigenvalue weighted by molar-refractivity contribution is -0.0245. The molecule has 37 heavy (non-hydrogen) atoms. The molecule has 0 amide bonds. The quantitative estimate of drug-likeness (QED) is 0.232. The third kappa shape index (κ3) is 7.64. The molecule has 10 heteroatoms. The molecule has 0 fully saturated rings. The standard InChI is InChI=1S/C27H26BrF3N4O2/c28-21-4-9-24(10-5-21)37-13-1-12-34(15-20-2-6-22(29)7-3-20)16-27(36,17-35-19-32-18-33-35)25-11-8-23(30)14-26(25)31/h2-11,14,18-19,36H,1,12-13,15-17H2. The minimum atomic E-state index is -1.77. The van der Waals surface area contributed by atoms with E-state index in [0.717, 1.165) is 27.9 Å². The molecule has 3 aromatic carbocycles. The molecule has 0 saturated heterocycles. The lowest BCUT2D eigenvalue weighted by Crippen LogP contribution is -2.45. The third-order valence-electron chi connectivity index (χ3n) is 5.83. The zero-order chi connectivity index (χ0) is 26.3. The van der Waals surface area contributed by atoms with Crippen LogP contribution in [0.2, 0.25) is 0 Å². The van der Waals surface area contributed by atoms with Gasteiger partial charge in [-0.25, -0.2) is 22.8 Å². The lowest BCUT2D eigenvalue weighted by Gasteiger charge is -2.35. The van der Waals surface area contributed by atoms with Gasteiger partial charge in [0.25, 0.3) is 0 Å². The van der Waals surface area contributed by atoms with E-state index in [4.69, 9.17) is 4.74 Å². The van der Waals surface area contributed by atoms with Crippen molar-refractivity contribution >= 4 is 15.9 Å². The topological polar surface area (TPSA) is 63.4 Å². The summed E-state index contributed by atoms with van der Waals surface area (Å²) in [4.78, 5) is 5.83. The maximum absolute atomic E-state index is 14.9. The number of ether oxygens (including phenoxy) is 1. The maximum atomic E-state index is 14.9. The van der Waals surface area contributed by atoms with Gasteiger partial charge in [0.15, 0.2) is 0 Å². The molecule has 1 aromatic heterocycles. The number of aliphatic hydroxyl groups is 1. The predicted molar refractivity (Wildman–Crippen MR) is 136 cm³/mol. The molecule has 0 bridgehead atoms. The summed E-state index contributed by atoms with van der Waals surface area (Å²) in [5.41, 5.74) is -1.00. The summed E-state index contributed by atoms with van der Waals surface area (Å²) in [6, 6.07) is 16.6. The highest BCUT2D eigenvalue weighted by molar-refractivity contribution is 9.10. The van der Waals surface area contributed by atoms with Gasteiger partial charge in [0.05, 0.1) is 13.2 Å². The van der Waals surface area contributed by atoms with Crippen molar-refractivity contribution in [2.75, 3.05) is 19.7 Å². The van der Waals surface area contributed by atoms with Crippen molar-refractivity contribution in [3.8, 4) is 5.75 Å². The predicted octanol–water partition coefficient (Wildman–Crippen LogP) is 5.32. The zero-order valence-corrected chi connectivity index (χ0v) is 21.5. The van der Waals surface area contributed by atoms with Gasteiger partial charge < -0.3 is 9.84 Å². The molecule has 4 aromatic rings. The van der Waals surface area contributed by atoms with Crippen LogP contribution in [-0.2, 0) is 18.7 Å². The fourth-order valence-corrected chi connectivity index (χ4v) is 4.37. The van der Waals surface area contributed by atoms with E-state index < -0.39 is 17.2 Å². The SMILES string of the molecule is OC(CN(CCCOc1ccc(Br)cc1)Cc1ccc(F)cc1)(Cn1cncn1)c1ccc(F)cc1F. The monoisotopic (exact) mass is 574 g/mol. The van der Waals surface area contributed by atoms with Crippen LogP contribution >= 0.6 is 15.9 Å². The summed E-state index contributed by atoms with van der Waals surface area (Å²) in [5.74, 6) is -1.22. The second-order valence-corrected chi connectivity index (χ2v) is 9.66. The first-order valence-electron chi connectivity index (χ1n) is 11.7. The summed E-state index contributed by atoms with van der Waals surface area (Å²) in [6.45, 7) is 1.14. The van der Waals surface area contributed by atoms with Gasteiger partial charge in [0, 0.05) is 35.7 Å². The highest BCUT2D eigenvalue weighted by atomic mass is 79.9. The van der Waals surface area contributed by atoms with Crippen molar-refractivity contribution in [2.24, 2.45) is 0 Å². The molecule has 1 atom stereocenters. The van der Waals surface area contributed by atoms with Crippen LogP contribution in [0.3, 0.4) is 0 Å². The molecule has 0 saturated carbocycles. The Hall–Kier alpha value is -3.21. The minimum absolute atomic E-state index is 0.00886. The number of hydrogen-bond acceptors (Lipinski definition) is 5. The average molecular weight is 575 g/mol. The van der Waals surface area contributed by atoms with E-state index in [1.807, 2.05) is 29.2 Å². The van der Waals surface area contributed by atoms with Gasteiger partial charge in [-0.15, -0.1) is 0 Å². The van der Waals surface area contributed by atoms with Crippen molar-refractivity contribution in [1.29, 1.82) is 0 Å². The number of aromatic nitrogens is 3. The van der Waals surface area contributed by atoms with Gasteiger partial charge in [-0.05, 0) is 54.4 Å². The number of nitrogens with zero attached hydrogens (tertiary/aromatic N) is 4. The largest absolute Gasteiger partial charge is 0.494 e. The van der Waals surface area contributed by atoms with E-state index in [9.17, 15) is 18.3 Å². The van der Waals surface area contributed by atoms with Crippen LogP contribution in [0, 0.1) is 17.5 Å². The van der Waals surface area contributed by atoms with Crippen LogP contribution in [0.1, 0.15) is 17.5 Å². The second kappa shape index (κ2) is 12.4.